The van der Waals surface area contributed by atoms with Gasteiger partial charge in [-0.15, -0.1) is 0 Å². The first-order chi connectivity index (χ1) is 20.3. The van der Waals surface area contributed by atoms with Gasteiger partial charge in [-0.2, -0.15) is 0 Å². The van der Waals surface area contributed by atoms with E-state index in [9.17, 15) is 14.4 Å². The first kappa shape index (κ1) is 31.0. The minimum atomic E-state index is -0.661. The largest absolute Gasteiger partial charge is 0.372 e. The van der Waals surface area contributed by atoms with Crippen LogP contribution in [0.25, 0.3) is 0 Å². The maximum absolute atomic E-state index is 13.1. The first-order valence-electron chi connectivity index (χ1n) is 15.0. The number of methoxy groups -OCH3 is 1. The van der Waals surface area contributed by atoms with Crippen molar-refractivity contribution in [2.45, 2.75) is 64.5 Å². The number of nitrogens with one attached hydrogen (secondary N) is 1. The third-order valence-corrected chi connectivity index (χ3v) is 8.65. The molecule has 1 fully saturated rings. The zero-order valence-electron chi connectivity index (χ0n) is 25.3. The number of piperidine rings is 1. The van der Waals surface area contributed by atoms with Crippen molar-refractivity contribution in [3.8, 4) is 0 Å². The van der Waals surface area contributed by atoms with Gasteiger partial charge in [-0.3, -0.25) is 9.59 Å². The summed E-state index contributed by atoms with van der Waals surface area (Å²) < 4.78 is 5.89. The lowest BCUT2D eigenvalue weighted by atomic mass is 9.76. The number of likely N-dealkylation sites (tertiary alicyclic amines) is 1. The molecule has 2 unspecified atom stereocenters. The molecule has 4 rings (SSSR count). The maximum Gasteiger partial charge on any atom is 0.251 e. The normalized spacial score (nSPS) is 20.7. The number of para-hydroxylation sites is 1. The van der Waals surface area contributed by atoms with Gasteiger partial charge in [0.1, 0.15) is 17.2 Å². The van der Waals surface area contributed by atoms with Gasteiger partial charge >= 0.3 is 0 Å². The molecule has 7 nitrogen and oxygen atoms in total. The van der Waals surface area contributed by atoms with Gasteiger partial charge in [-0.1, -0.05) is 55.5 Å². The highest BCUT2D eigenvalue weighted by Crippen LogP contribution is 2.37. The van der Waals surface area contributed by atoms with E-state index in [-0.39, 0.29) is 17.9 Å². The zero-order valence-corrected chi connectivity index (χ0v) is 25.3. The van der Waals surface area contributed by atoms with E-state index in [1.807, 2.05) is 74.5 Å². The summed E-state index contributed by atoms with van der Waals surface area (Å²) in [7, 11) is 1.67. The fourth-order valence-corrected chi connectivity index (χ4v) is 6.09. The predicted octanol–water partition coefficient (Wildman–Crippen LogP) is 5.73. The maximum atomic E-state index is 13.1. The number of carbonyl (C=O) groups excluding carboxylic acids is 3. The Labute approximate surface area is 249 Å². The third kappa shape index (κ3) is 7.10. The Hall–Kier alpha value is -3.93. The van der Waals surface area contributed by atoms with Crippen molar-refractivity contribution < 1.29 is 19.1 Å². The van der Waals surface area contributed by atoms with Crippen LogP contribution in [0.3, 0.4) is 0 Å². The van der Waals surface area contributed by atoms with Gasteiger partial charge in [0.2, 0.25) is 5.91 Å². The van der Waals surface area contributed by atoms with E-state index >= 15 is 0 Å². The smallest absolute Gasteiger partial charge is 0.251 e. The average Bonchev–Trinajstić information content (AvgIpc) is 3.02. The molecule has 1 N–H and O–H groups in total. The Bertz CT molecular complexity index is 1340. The second kappa shape index (κ2) is 14.3. The van der Waals surface area contributed by atoms with Gasteiger partial charge in [0.05, 0.1) is 6.04 Å². The third-order valence-electron chi connectivity index (χ3n) is 8.65. The second-order valence-electron chi connectivity index (χ2n) is 11.3. The lowest BCUT2D eigenvalue weighted by Crippen LogP contribution is -2.53. The number of benzene rings is 2. The summed E-state index contributed by atoms with van der Waals surface area (Å²) >= 11 is 0. The van der Waals surface area contributed by atoms with Crippen molar-refractivity contribution in [1.82, 2.24) is 10.2 Å². The van der Waals surface area contributed by atoms with Gasteiger partial charge in [-0.05, 0) is 74.4 Å². The molecule has 2 aromatic rings. The summed E-state index contributed by atoms with van der Waals surface area (Å²) in [6.07, 6.45) is 7.66. The number of hydrogen-bond donors (Lipinski definition) is 1. The van der Waals surface area contributed by atoms with E-state index < -0.39 is 5.60 Å². The van der Waals surface area contributed by atoms with Gasteiger partial charge < -0.3 is 19.9 Å². The van der Waals surface area contributed by atoms with E-state index in [1.165, 1.54) is 5.57 Å². The standard InChI is InChI=1S/C35H43N3O4/c1-5-12-32(40)38(29-15-10-7-11-16-29)24-20-30(25-39)37-22-18-27(19-23-37)31-17-21-35(3,42-4)33(26(31)2)36-34(41)28-13-8-6-9-14-28/h6-11,13-17,21,27,33H,5,12,18-20,22-24H2,1-4H3,(H,36,41). The summed E-state index contributed by atoms with van der Waals surface area (Å²) in [5.41, 5.74) is 3.74. The highest BCUT2D eigenvalue weighted by Gasteiger charge is 2.39. The number of amides is 2. The molecule has 0 aromatic heterocycles. The molecule has 1 heterocycles. The van der Waals surface area contributed by atoms with Crippen molar-refractivity contribution in [2.24, 2.45) is 5.92 Å². The van der Waals surface area contributed by atoms with E-state index in [0.29, 0.717) is 36.6 Å². The molecule has 2 amide bonds. The number of anilines is 1. The second-order valence-corrected chi connectivity index (χ2v) is 11.3. The number of carbonyl (C=O) groups is 2. The first-order valence-corrected chi connectivity index (χ1v) is 15.0. The van der Waals surface area contributed by atoms with Crippen LogP contribution in [0.4, 0.5) is 5.69 Å². The molecule has 0 spiro atoms. The molecule has 2 aromatic carbocycles. The van der Waals surface area contributed by atoms with Crippen molar-refractivity contribution in [3.05, 3.63) is 95.2 Å². The van der Waals surface area contributed by atoms with Crippen LogP contribution in [-0.4, -0.2) is 61.0 Å². The number of nitrogens with zero attached hydrogens (tertiary/aromatic N) is 2. The van der Waals surface area contributed by atoms with Crippen LogP contribution < -0.4 is 10.2 Å². The molecule has 2 aliphatic rings. The fourth-order valence-electron chi connectivity index (χ4n) is 6.09. The highest BCUT2D eigenvalue weighted by atomic mass is 16.5. The predicted molar refractivity (Wildman–Crippen MR) is 167 cm³/mol. The Morgan fingerprint density at radius 1 is 1.05 bits per heavy atom. The van der Waals surface area contributed by atoms with Crippen LogP contribution in [-0.2, 0) is 14.3 Å². The van der Waals surface area contributed by atoms with Crippen LogP contribution in [0.15, 0.2) is 89.7 Å². The van der Waals surface area contributed by atoms with E-state index in [2.05, 4.69) is 35.2 Å². The van der Waals surface area contributed by atoms with E-state index in [1.54, 1.807) is 12.0 Å². The van der Waals surface area contributed by atoms with Gasteiger partial charge in [-0.25, -0.2) is 4.79 Å². The topological polar surface area (TPSA) is 79.0 Å². The van der Waals surface area contributed by atoms with Crippen LogP contribution in [0, 0.1) is 5.92 Å². The molecule has 0 bridgehead atoms. The number of allylic oxidation sites excluding steroid dienone is 2. The van der Waals surface area contributed by atoms with Crippen molar-refractivity contribution in [3.63, 3.8) is 0 Å². The Morgan fingerprint density at radius 3 is 2.29 bits per heavy atom. The fraction of sp³-hybridized carbons (Fsp3) is 0.429. The SMILES string of the molecule is CCCC(=O)N(CCC(=C=O)N1CCC(C2=C(C)C(NC(=O)c3ccccc3)C(C)(OC)C=C2)CC1)c1ccccc1. The van der Waals surface area contributed by atoms with Crippen LogP contribution in [0.1, 0.15) is 63.2 Å². The molecular weight excluding hydrogens is 526 g/mol. The average molecular weight is 570 g/mol. The summed E-state index contributed by atoms with van der Waals surface area (Å²) in [5, 5.41) is 3.22. The monoisotopic (exact) mass is 569 g/mol. The van der Waals surface area contributed by atoms with Crippen LogP contribution in [0.5, 0.6) is 0 Å². The summed E-state index contributed by atoms with van der Waals surface area (Å²) in [4.78, 5) is 41.9. The molecule has 42 heavy (non-hydrogen) atoms. The van der Waals surface area contributed by atoms with E-state index in [0.717, 1.165) is 43.6 Å². The molecule has 2 atom stereocenters. The van der Waals surface area contributed by atoms with Crippen molar-refractivity contribution in [1.29, 1.82) is 0 Å². The highest BCUT2D eigenvalue weighted by molar-refractivity contribution is 5.95. The van der Waals surface area contributed by atoms with E-state index in [4.69, 9.17) is 4.74 Å². The lowest BCUT2D eigenvalue weighted by Gasteiger charge is -2.42. The zero-order chi connectivity index (χ0) is 30.1. The molecule has 1 aliphatic carbocycles. The molecule has 7 heteroatoms. The minimum Gasteiger partial charge on any atom is -0.372 e. The van der Waals surface area contributed by atoms with Gasteiger partial charge in [0.15, 0.2) is 0 Å². The summed E-state index contributed by atoms with van der Waals surface area (Å²) in [6.45, 7) is 7.98. The quantitative estimate of drug-likeness (QED) is 0.350. The van der Waals surface area contributed by atoms with Crippen molar-refractivity contribution >= 4 is 23.4 Å². The van der Waals surface area contributed by atoms with Crippen LogP contribution in [0.2, 0.25) is 0 Å². The summed E-state index contributed by atoms with van der Waals surface area (Å²) in [6, 6.07) is 18.6. The number of rotatable bonds is 11. The Kier molecular flexibility index (Phi) is 10.6. The summed E-state index contributed by atoms with van der Waals surface area (Å²) in [5.74, 6) is 2.42. The lowest BCUT2D eigenvalue weighted by molar-refractivity contribution is -0.118. The number of hydrogen-bond acceptors (Lipinski definition) is 5. The minimum absolute atomic E-state index is 0.0659. The molecule has 0 saturated carbocycles. The molecule has 1 aliphatic heterocycles. The van der Waals surface area contributed by atoms with Crippen molar-refractivity contribution in [2.75, 3.05) is 31.6 Å². The Balaban J connectivity index is 1.42. The molecule has 222 valence electrons. The van der Waals surface area contributed by atoms with Crippen LogP contribution >= 0.6 is 0 Å². The van der Waals surface area contributed by atoms with Gasteiger partial charge in [0, 0.05) is 50.8 Å². The molecule has 0 radical (unpaired) electrons. The Morgan fingerprint density at radius 2 is 1.69 bits per heavy atom. The molecule has 1 saturated heterocycles. The number of ether oxygens (including phenoxy) is 1. The molecular formula is C35H43N3O4. The van der Waals surface area contributed by atoms with Gasteiger partial charge in [0.25, 0.3) is 5.91 Å².